The summed E-state index contributed by atoms with van der Waals surface area (Å²) in [7, 11) is 0. The van der Waals surface area contributed by atoms with Crippen LogP contribution in [-0.4, -0.2) is 56.8 Å². The number of hydrogen-bond donors (Lipinski definition) is 1. The Bertz CT molecular complexity index is 1410. The van der Waals surface area contributed by atoms with Crippen molar-refractivity contribution in [3.63, 3.8) is 0 Å². The molecule has 3 fully saturated rings. The Morgan fingerprint density at radius 1 is 1.17 bits per heavy atom. The fourth-order valence-electron chi connectivity index (χ4n) is 9.06. The van der Waals surface area contributed by atoms with Crippen LogP contribution in [0.3, 0.4) is 0 Å². The summed E-state index contributed by atoms with van der Waals surface area (Å²) in [5.41, 5.74) is -0.334. The van der Waals surface area contributed by atoms with E-state index in [0.29, 0.717) is 28.4 Å². The second-order valence-electron chi connectivity index (χ2n) is 15.4. The maximum absolute atomic E-state index is 14.9. The number of carbonyl (C=O) groups excluding carboxylic acids is 2. The Labute approximate surface area is 243 Å². The van der Waals surface area contributed by atoms with E-state index in [-0.39, 0.29) is 41.1 Å². The highest BCUT2D eigenvalue weighted by Crippen LogP contribution is 2.72. The molecule has 1 spiro atoms. The topological polar surface area (TPSA) is 99.9 Å². The van der Waals surface area contributed by atoms with Crippen molar-refractivity contribution in [1.29, 1.82) is 0 Å². The Morgan fingerprint density at radius 3 is 2.44 bits per heavy atom. The number of esters is 1. The summed E-state index contributed by atoms with van der Waals surface area (Å²) < 4.78 is 20.8. The van der Waals surface area contributed by atoms with Gasteiger partial charge in [0.15, 0.2) is 23.3 Å². The number of aromatic nitrogens is 2. The Morgan fingerprint density at radius 2 is 1.83 bits per heavy atom. The number of allylic oxidation sites excluding steroid dienone is 1. The Balaban J connectivity index is 1.50. The van der Waals surface area contributed by atoms with Gasteiger partial charge in [0, 0.05) is 5.92 Å². The highest BCUT2D eigenvalue weighted by atomic mass is 16.7. The van der Waals surface area contributed by atoms with E-state index in [9.17, 15) is 14.7 Å². The summed E-state index contributed by atoms with van der Waals surface area (Å²) in [6, 6.07) is 0. The Kier molecular flexibility index (Phi) is 5.91. The number of Topliss-reactive ketones (excluding diaryl/α,β-unsaturated/α-hetero) is 1. The molecule has 1 N–H and O–H groups in total. The molecule has 8 nitrogen and oxygen atoms in total. The van der Waals surface area contributed by atoms with Crippen molar-refractivity contribution in [1.82, 2.24) is 9.78 Å². The predicted octanol–water partition coefficient (Wildman–Crippen LogP) is 5.05. The maximum Gasteiger partial charge on any atom is 0.342 e. The summed E-state index contributed by atoms with van der Waals surface area (Å²) in [5.74, 6) is -1.55. The average molecular weight is 567 g/mol. The summed E-state index contributed by atoms with van der Waals surface area (Å²) >= 11 is 0. The lowest BCUT2D eigenvalue weighted by Gasteiger charge is -2.52. The molecule has 5 aliphatic rings. The van der Waals surface area contributed by atoms with Gasteiger partial charge < -0.3 is 19.3 Å². The molecular formula is C33H46N2O6. The first-order valence-electron chi connectivity index (χ1n) is 15.0. The molecule has 1 aliphatic heterocycles. The molecule has 0 amide bonds. The second kappa shape index (κ2) is 8.42. The first kappa shape index (κ1) is 28.8. The molecule has 1 aromatic heterocycles. The quantitative estimate of drug-likeness (QED) is 0.395. The van der Waals surface area contributed by atoms with Gasteiger partial charge >= 0.3 is 5.97 Å². The van der Waals surface area contributed by atoms with Crippen LogP contribution in [0.5, 0.6) is 0 Å². The molecule has 1 saturated heterocycles. The second-order valence-corrected chi connectivity index (χ2v) is 15.4. The van der Waals surface area contributed by atoms with Crippen LogP contribution in [-0.2, 0) is 24.5 Å². The van der Waals surface area contributed by atoms with Gasteiger partial charge in [0.05, 0.1) is 28.9 Å². The van der Waals surface area contributed by atoms with Crippen molar-refractivity contribution >= 4 is 11.8 Å². The van der Waals surface area contributed by atoms with Gasteiger partial charge in [-0.3, -0.25) is 9.48 Å². The van der Waals surface area contributed by atoms with Gasteiger partial charge in [-0.1, -0.05) is 32.9 Å². The zero-order valence-corrected chi connectivity index (χ0v) is 26.4. The van der Waals surface area contributed by atoms with Gasteiger partial charge in [0.2, 0.25) is 0 Å². The molecule has 8 heteroatoms. The zero-order chi connectivity index (χ0) is 30.2. The minimum atomic E-state index is -1.84. The van der Waals surface area contributed by atoms with Crippen molar-refractivity contribution in [3.05, 3.63) is 40.2 Å². The van der Waals surface area contributed by atoms with Crippen LogP contribution >= 0.6 is 0 Å². The van der Waals surface area contributed by atoms with Crippen molar-refractivity contribution in [2.24, 2.45) is 34.5 Å². The largest absolute Gasteiger partial charge is 0.451 e. The normalized spacial score (nSPS) is 40.3. The predicted molar refractivity (Wildman–Crippen MR) is 153 cm³/mol. The van der Waals surface area contributed by atoms with Crippen LogP contribution < -0.4 is 0 Å². The van der Waals surface area contributed by atoms with Gasteiger partial charge in [-0.25, -0.2) is 4.79 Å². The van der Waals surface area contributed by atoms with E-state index in [0.717, 1.165) is 12.0 Å². The minimum absolute atomic E-state index is 0.000284. The van der Waals surface area contributed by atoms with E-state index in [1.807, 2.05) is 65.3 Å². The van der Waals surface area contributed by atoms with Crippen LogP contribution in [0, 0.1) is 48.3 Å². The van der Waals surface area contributed by atoms with Gasteiger partial charge in [-0.05, 0) is 96.1 Å². The van der Waals surface area contributed by atoms with Crippen molar-refractivity contribution in [3.8, 4) is 0 Å². The van der Waals surface area contributed by atoms with Gasteiger partial charge in [-0.2, -0.15) is 5.10 Å². The van der Waals surface area contributed by atoms with Crippen molar-refractivity contribution < 1.29 is 28.9 Å². The SMILES string of the molecule is CC1=CC23C(=O)[C@@H](C=C4COC(C)(C)O[C@H]4[C@]2(O)[C@H]1OC(=O)c1c(C)nn(C(C)(C)C)c1C)[C@H]1[C@@H](CC3C)C1(C)C. The molecule has 2 saturated carbocycles. The third-order valence-electron chi connectivity index (χ3n) is 11.0. The van der Waals surface area contributed by atoms with E-state index in [4.69, 9.17) is 14.2 Å². The standard InChI is InChI=1S/C33H46N2O6/c1-16-14-32-17(2)12-22-24(30(22,8)9)21(25(32)36)13-20-15-39-31(10,11)41-27(20)33(32,38)26(16)40-28(37)23-18(3)34-35(19(23)4)29(5,6)7/h13-14,17,21-22,24,26-27,38H,12,15H2,1-11H3/t17?,21-,22+,24-,26-,27+,32?,33+/m0/s1. The van der Waals surface area contributed by atoms with Gasteiger partial charge in [0.1, 0.15) is 11.7 Å². The number of aryl methyl sites for hydroxylation is 1. The van der Waals surface area contributed by atoms with Crippen LogP contribution in [0.25, 0.3) is 0 Å². The number of hydrogen-bond acceptors (Lipinski definition) is 7. The van der Waals surface area contributed by atoms with E-state index in [1.165, 1.54) is 0 Å². The molecule has 224 valence electrons. The summed E-state index contributed by atoms with van der Waals surface area (Å²) in [4.78, 5) is 28.9. The molecule has 2 bridgehead atoms. The summed E-state index contributed by atoms with van der Waals surface area (Å²) in [6.45, 7) is 22.0. The van der Waals surface area contributed by atoms with Crippen LogP contribution in [0.15, 0.2) is 23.3 Å². The van der Waals surface area contributed by atoms with Crippen molar-refractivity contribution in [2.75, 3.05) is 6.61 Å². The molecule has 8 atom stereocenters. The summed E-state index contributed by atoms with van der Waals surface area (Å²) in [6.07, 6.45) is 2.78. The molecule has 2 heterocycles. The molecule has 6 rings (SSSR count). The van der Waals surface area contributed by atoms with Crippen LogP contribution in [0.1, 0.15) is 90.5 Å². The van der Waals surface area contributed by atoms with Crippen molar-refractivity contribution in [2.45, 2.75) is 112 Å². The molecular weight excluding hydrogens is 520 g/mol. The zero-order valence-electron chi connectivity index (χ0n) is 26.4. The van der Waals surface area contributed by atoms with E-state index in [1.54, 1.807) is 6.92 Å². The third-order valence-corrected chi connectivity index (χ3v) is 11.0. The first-order valence-corrected chi connectivity index (χ1v) is 15.0. The number of carbonyl (C=O) groups is 2. The smallest absolute Gasteiger partial charge is 0.342 e. The van der Waals surface area contributed by atoms with Gasteiger partial charge in [-0.15, -0.1) is 0 Å². The molecule has 1 aromatic rings. The lowest BCUT2D eigenvalue weighted by molar-refractivity contribution is -0.302. The minimum Gasteiger partial charge on any atom is -0.451 e. The third kappa shape index (κ3) is 3.65. The van der Waals surface area contributed by atoms with Crippen LogP contribution in [0.4, 0.5) is 0 Å². The first-order chi connectivity index (χ1) is 18.8. The lowest BCUT2D eigenvalue weighted by atomic mass is 9.59. The fraction of sp³-hybridized carbons (Fsp3) is 0.727. The van der Waals surface area contributed by atoms with Gasteiger partial charge in [0.25, 0.3) is 0 Å². The lowest BCUT2D eigenvalue weighted by Crippen LogP contribution is -2.68. The number of fused-ring (bicyclic) bond motifs is 5. The number of rotatable bonds is 2. The number of ether oxygens (including phenoxy) is 3. The molecule has 41 heavy (non-hydrogen) atoms. The van der Waals surface area contributed by atoms with E-state index < -0.39 is 35.0 Å². The molecule has 2 unspecified atom stereocenters. The van der Waals surface area contributed by atoms with E-state index in [2.05, 4.69) is 25.9 Å². The fourth-order valence-corrected chi connectivity index (χ4v) is 9.06. The highest BCUT2D eigenvalue weighted by molar-refractivity contribution is 5.96. The van der Waals surface area contributed by atoms with Crippen LogP contribution in [0.2, 0.25) is 0 Å². The highest BCUT2D eigenvalue weighted by Gasteiger charge is 2.77. The molecule has 0 aromatic carbocycles. The number of aliphatic hydroxyl groups is 1. The number of nitrogens with zero attached hydrogens (tertiary/aromatic N) is 2. The Hall–Kier alpha value is -2.29. The molecule has 4 aliphatic carbocycles. The monoisotopic (exact) mass is 566 g/mol. The van der Waals surface area contributed by atoms with E-state index >= 15 is 0 Å². The molecule has 0 radical (unpaired) electrons. The summed E-state index contributed by atoms with van der Waals surface area (Å²) in [5, 5.41) is 17.9. The average Bonchev–Trinajstić information content (AvgIpc) is 3.15. The maximum atomic E-state index is 14.9. The number of ketones is 1.